The van der Waals surface area contributed by atoms with Gasteiger partial charge in [0.15, 0.2) is 5.84 Å². The van der Waals surface area contributed by atoms with Crippen molar-refractivity contribution < 1.29 is 17.6 Å². The zero-order chi connectivity index (χ0) is 18.3. The minimum absolute atomic E-state index is 0.0652. The third-order valence-electron chi connectivity index (χ3n) is 4.86. The smallest absolute Gasteiger partial charge is 0.258 e. The van der Waals surface area contributed by atoms with E-state index in [4.69, 9.17) is 0 Å². The highest BCUT2D eigenvalue weighted by Crippen LogP contribution is 2.34. The molecule has 26 heavy (non-hydrogen) atoms. The number of allylic oxidation sites excluding steroid dienone is 2. The predicted molar refractivity (Wildman–Crippen MR) is 95.2 cm³/mol. The Kier molecular flexibility index (Phi) is 4.14. The van der Waals surface area contributed by atoms with Gasteiger partial charge in [-0.3, -0.25) is 4.79 Å². The van der Waals surface area contributed by atoms with Gasteiger partial charge in [0.25, 0.3) is 15.9 Å². The first-order valence-electron chi connectivity index (χ1n) is 8.49. The van der Waals surface area contributed by atoms with Crippen LogP contribution in [0.25, 0.3) is 0 Å². The van der Waals surface area contributed by atoms with E-state index in [1.165, 1.54) is 12.1 Å². The maximum Gasteiger partial charge on any atom is 0.258 e. The molecule has 136 valence electrons. The van der Waals surface area contributed by atoms with Crippen molar-refractivity contribution in [2.45, 2.75) is 18.9 Å². The molecule has 4 rings (SSSR count). The van der Waals surface area contributed by atoms with Gasteiger partial charge in [0.05, 0.1) is 17.4 Å². The van der Waals surface area contributed by atoms with E-state index >= 15 is 0 Å². The molecule has 8 heteroatoms. The molecular formula is C18H18FN3O3S. The van der Waals surface area contributed by atoms with Crippen LogP contribution in [0.15, 0.2) is 52.6 Å². The van der Waals surface area contributed by atoms with Crippen molar-refractivity contribution >= 4 is 21.8 Å². The molecule has 1 unspecified atom stereocenters. The second-order valence-electron chi connectivity index (χ2n) is 6.52. The number of amidine groups is 1. The van der Waals surface area contributed by atoms with Crippen molar-refractivity contribution in [3.05, 3.63) is 59.6 Å². The van der Waals surface area contributed by atoms with Crippen molar-refractivity contribution in [1.29, 1.82) is 0 Å². The standard InChI is InChI=1S/C18H18FN3O3S/c19-14-7-5-13(6-8-14)16-4-2-10-22(16)18(23)15-3-1-9-21-11-12-26(24,25)20-17(15)21/h1,3,5-9,16H,2,4,10-12H2. The fourth-order valence-corrected chi connectivity index (χ4v) is 4.56. The van der Waals surface area contributed by atoms with E-state index in [2.05, 4.69) is 4.40 Å². The van der Waals surface area contributed by atoms with Gasteiger partial charge in [-0.2, -0.15) is 0 Å². The highest BCUT2D eigenvalue weighted by atomic mass is 32.2. The van der Waals surface area contributed by atoms with Crippen LogP contribution >= 0.6 is 0 Å². The van der Waals surface area contributed by atoms with Crippen molar-refractivity contribution in [3.63, 3.8) is 0 Å². The Labute approximate surface area is 151 Å². The van der Waals surface area contributed by atoms with Crippen LogP contribution in [-0.4, -0.2) is 48.8 Å². The monoisotopic (exact) mass is 375 g/mol. The molecule has 0 N–H and O–H groups in total. The molecule has 0 aromatic heterocycles. The highest BCUT2D eigenvalue weighted by Gasteiger charge is 2.36. The summed E-state index contributed by atoms with van der Waals surface area (Å²) < 4.78 is 40.8. The fourth-order valence-electron chi connectivity index (χ4n) is 3.58. The number of hydrogen-bond donors (Lipinski definition) is 0. The molecule has 1 amide bonds. The Morgan fingerprint density at radius 2 is 1.96 bits per heavy atom. The number of carbonyl (C=O) groups is 1. The second-order valence-corrected chi connectivity index (χ2v) is 8.28. The minimum Gasteiger partial charge on any atom is -0.331 e. The Hall–Kier alpha value is -2.48. The summed E-state index contributed by atoms with van der Waals surface area (Å²) in [6.07, 6.45) is 6.69. The van der Waals surface area contributed by atoms with Gasteiger partial charge in [-0.15, -0.1) is 4.40 Å². The average Bonchev–Trinajstić information content (AvgIpc) is 3.10. The first kappa shape index (κ1) is 17.0. The number of benzene rings is 1. The molecule has 3 aliphatic rings. The lowest BCUT2D eigenvalue weighted by molar-refractivity contribution is -0.127. The summed E-state index contributed by atoms with van der Waals surface area (Å²) >= 11 is 0. The third kappa shape index (κ3) is 3.05. The molecule has 3 aliphatic heterocycles. The van der Waals surface area contributed by atoms with Crippen LogP contribution in [0.4, 0.5) is 4.39 Å². The number of sulfonamides is 1. The summed E-state index contributed by atoms with van der Waals surface area (Å²) in [4.78, 5) is 16.6. The molecule has 0 aliphatic carbocycles. The Bertz CT molecular complexity index is 935. The molecule has 0 radical (unpaired) electrons. The predicted octanol–water partition coefficient (Wildman–Crippen LogP) is 1.99. The Balaban J connectivity index is 1.66. The lowest BCUT2D eigenvalue weighted by Crippen LogP contribution is -2.43. The summed E-state index contributed by atoms with van der Waals surface area (Å²) in [7, 11) is -3.55. The quantitative estimate of drug-likeness (QED) is 0.793. The summed E-state index contributed by atoms with van der Waals surface area (Å²) in [6, 6.07) is 6.01. The number of likely N-dealkylation sites (tertiary alicyclic amines) is 1. The van der Waals surface area contributed by atoms with Gasteiger partial charge in [-0.05, 0) is 42.7 Å². The van der Waals surface area contributed by atoms with Gasteiger partial charge in [0.1, 0.15) is 5.82 Å². The van der Waals surface area contributed by atoms with E-state index in [1.807, 2.05) is 0 Å². The summed E-state index contributed by atoms with van der Waals surface area (Å²) in [6.45, 7) is 0.853. The summed E-state index contributed by atoms with van der Waals surface area (Å²) in [5, 5.41) is 0. The molecule has 1 fully saturated rings. The normalized spacial score (nSPS) is 24.1. The molecule has 1 aromatic carbocycles. The van der Waals surface area contributed by atoms with Crippen LogP contribution < -0.4 is 0 Å². The zero-order valence-corrected chi connectivity index (χ0v) is 14.8. The van der Waals surface area contributed by atoms with E-state index in [9.17, 15) is 17.6 Å². The number of nitrogens with zero attached hydrogens (tertiary/aromatic N) is 3. The maximum atomic E-state index is 13.2. The van der Waals surface area contributed by atoms with E-state index in [0.717, 1.165) is 18.4 Å². The van der Waals surface area contributed by atoms with Crippen molar-refractivity contribution in [2.75, 3.05) is 18.8 Å². The van der Waals surface area contributed by atoms with Crippen LogP contribution in [0.3, 0.4) is 0 Å². The number of halogens is 1. The first-order valence-corrected chi connectivity index (χ1v) is 10.1. The molecule has 0 bridgehead atoms. The highest BCUT2D eigenvalue weighted by molar-refractivity contribution is 7.90. The van der Waals surface area contributed by atoms with Crippen molar-refractivity contribution in [2.24, 2.45) is 4.40 Å². The molecule has 3 heterocycles. The van der Waals surface area contributed by atoms with Gasteiger partial charge in [0, 0.05) is 19.3 Å². The Morgan fingerprint density at radius 3 is 2.73 bits per heavy atom. The van der Waals surface area contributed by atoms with Crippen LogP contribution in [0, 0.1) is 5.82 Å². The molecule has 6 nitrogen and oxygen atoms in total. The Morgan fingerprint density at radius 1 is 1.19 bits per heavy atom. The second kappa shape index (κ2) is 6.35. The van der Waals surface area contributed by atoms with Gasteiger partial charge < -0.3 is 9.80 Å². The first-order chi connectivity index (χ1) is 12.4. The number of amides is 1. The van der Waals surface area contributed by atoms with E-state index in [-0.39, 0.29) is 41.5 Å². The van der Waals surface area contributed by atoms with Crippen molar-refractivity contribution in [1.82, 2.24) is 9.80 Å². The van der Waals surface area contributed by atoms with Gasteiger partial charge >= 0.3 is 0 Å². The molecule has 0 saturated carbocycles. The zero-order valence-electron chi connectivity index (χ0n) is 14.0. The fraction of sp³-hybridized carbons (Fsp3) is 0.333. The largest absolute Gasteiger partial charge is 0.331 e. The number of fused-ring (bicyclic) bond motifs is 1. The molecular weight excluding hydrogens is 357 g/mol. The summed E-state index contributed by atoms with van der Waals surface area (Å²) in [5.41, 5.74) is 1.16. The average molecular weight is 375 g/mol. The van der Waals surface area contributed by atoms with Crippen LogP contribution in [0.2, 0.25) is 0 Å². The summed E-state index contributed by atoms with van der Waals surface area (Å²) in [5.74, 6) is -0.442. The van der Waals surface area contributed by atoms with Crippen LogP contribution in [-0.2, 0) is 14.8 Å². The van der Waals surface area contributed by atoms with Gasteiger partial charge in [0.2, 0.25) is 0 Å². The lowest BCUT2D eigenvalue weighted by Gasteiger charge is -2.32. The molecule has 1 aromatic rings. The van der Waals surface area contributed by atoms with Crippen molar-refractivity contribution in [3.8, 4) is 0 Å². The third-order valence-corrected chi connectivity index (χ3v) is 6.01. The minimum atomic E-state index is -3.55. The topological polar surface area (TPSA) is 70.0 Å². The molecule has 1 atom stereocenters. The van der Waals surface area contributed by atoms with Crippen LogP contribution in [0.5, 0.6) is 0 Å². The van der Waals surface area contributed by atoms with E-state index < -0.39 is 10.0 Å². The number of rotatable bonds is 2. The van der Waals surface area contributed by atoms with E-state index in [0.29, 0.717) is 6.54 Å². The molecule has 1 saturated heterocycles. The SMILES string of the molecule is O=C(C1=CC=CN2CCS(=O)(=O)N=C12)N1CCCC1c1ccc(F)cc1. The molecule has 0 spiro atoms. The van der Waals surface area contributed by atoms with Gasteiger partial charge in [-0.25, -0.2) is 12.8 Å². The van der Waals surface area contributed by atoms with Gasteiger partial charge in [-0.1, -0.05) is 12.1 Å². The maximum absolute atomic E-state index is 13.2. The lowest BCUT2D eigenvalue weighted by atomic mass is 10.0. The number of hydrogen-bond acceptors (Lipinski definition) is 4. The van der Waals surface area contributed by atoms with Crippen LogP contribution in [0.1, 0.15) is 24.4 Å². The van der Waals surface area contributed by atoms with E-state index in [1.54, 1.807) is 40.3 Å². The number of carbonyl (C=O) groups excluding carboxylic acids is 1.